The predicted molar refractivity (Wildman–Crippen MR) is 139 cm³/mol. The van der Waals surface area contributed by atoms with Crippen molar-refractivity contribution in [3.8, 4) is 10.4 Å². The summed E-state index contributed by atoms with van der Waals surface area (Å²) in [6.07, 6.45) is 5.64. The van der Waals surface area contributed by atoms with Crippen LogP contribution in [0.2, 0.25) is 0 Å². The summed E-state index contributed by atoms with van der Waals surface area (Å²) in [6, 6.07) is 23.0. The van der Waals surface area contributed by atoms with Crippen molar-refractivity contribution < 1.29 is 9.59 Å². The quantitative estimate of drug-likeness (QED) is 0.325. The highest BCUT2D eigenvalue weighted by atomic mass is 32.1. The molecule has 0 saturated heterocycles. The van der Waals surface area contributed by atoms with Gasteiger partial charge in [-0.1, -0.05) is 36.4 Å². The summed E-state index contributed by atoms with van der Waals surface area (Å²) < 4.78 is 0. The number of aryl methyl sites for hydroxylation is 1. The fourth-order valence-corrected chi connectivity index (χ4v) is 4.11. The lowest BCUT2D eigenvalue weighted by atomic mass is 10.1. The first-order chi connectivity index (χ1) is 16.6. The number of anilines is 1. The van der Waals surface area contributed by atoms with Gasteiger partial charge in [0.25, 0.3) is 5.91 Å². The highest BCUT2D eigenvalue weighted by molar-refractivity contribution is 7.13. The molecule has 2 aromatic heterocycles. The first-order valence-electron chi connectivity index (χ1n) is 11.0. The number of hydrogen-bond donors (Lipinski definition) is 2. The molecular formula is C28H25N3O2S. The number of amides is 2. The van der Waals surface area contributed by atoms with E-state index in [0.29, 0.717) is 18.5 Å². The molecule has 5 nitrogen and oxygen atoms in total. The average molecular weight is 468 g/mol. The number of rotatable bonds is 8. The highest BCUT2D eigenvalue weighted by Crippen LogP contribution is 2.29. The Morgan fingerprint density at radius 1 is 1.00 bits per heavy atom. The lowest BCUT2D eigenvalue weighted by Gasteiger charge is -2.10. The molecule has 0 saturated carbocycles. The lowest BCUT2D eigenvalue weighted by molar-refractivity contribution is -0.116. The summed E-state index contributed by atoms with van der Waals surface area (Å²) in [5, 5.41) is 7.90. The minimum absolute atomic E-state index is 0.168. The van der Waals surface area contributed by atoms with Gasteiger partial charge in [0.05, 0.1) is 0 Å². The van der Waals surface area contributed by atoms with Gasteiger partial charge in [-0.05, 0) is 71.5 Å². The lowest BCUT2D eigenvalue weighted by Crippen LogP contribution is -2.23. The van der Waals surface area contributed by atoms with Crippen molar-refractivity contribution in [2.75, 3.05) is 11.9 Å². The highest BCUT2D eigenvalue weighted by Gasteiger charge is 2.09. The van der Waals surface area contributed by atoms with Crippen LogP contribution in [0, 0.1) is 6.92 Å². The topological polar surface area (TPSA) is 71.1 Å². The second kappa shape index (κ2) is 11.2. The monoisotopic (exact) mass is 467 g/mol. The SMILES string of the molecule is Cc1ccc(-c2cccs2)cc1NC(=O)c1ccc(C=CC(=O)NCCc2ccccn2)cc1. The molecule has 4 rings (SSSR count). The van der Waals surface area contributed by atoms with Gasteiger partial charge in [-0.15, -0.1) is 11.3 Å². The van der Waals surface area contributed by atoms with Gasteiger partial charge in [0.2, 0.25) is 5.91 Å². The van der Waals surface area contributed by atoms with Crippen LogP contribution in [-0.4, -0.2) is 23.3 Å². The third kappa shape index (κ3) is 6.27. The van der Waals surface area contributed by atoms with E-state index in [1.165, 1.54) is 6.08 Å². The molecule has 0 radical (unpaired) electrons. The molecule has 34 heavy (non-hydrogen) atoms. The zero-order chi connectivity index (χ0) is 23.8. The van der Waals surface area contributed by atoms with Gasteiger partial charge >= 0.3 is 0 Å². The molecule has 6 heteroatoms. The first-order valence-corrected chi connectivity index (χ1v) is 11.9. The number of pyridine rings is 1. The second-order valence-corrected chi connectivity index (χ2v) is 8.73. The summed E-state index contributed by atoms with van der Waals surface area (Å²) in [5.41, 5.74) is 5.21. The van der Waals surface area contributed by atoms with E-state index in [9.17, 15) is 9.59 Å². The Kier molecular flexibility index (Phi) is 7.63. The number of nitrogens with one attached hydrogen (secondary N) is 2. The number of benzene rings is 2. The molecule has 0 atom stereocenters. The van der Waals surface area contributed by atoms with Crippen molar-refractivity contribution in [2.45, 2.75) is 13.3 Å². The van der Waals surface area contributed by atoms with Crippen molar-refractivity contribution in [3.63, 3.8) is 0 Å². The summed E-state index contributed by atoms with van der Waals surface area (Å²) in [4.78, 5) is 30.2. The maximum atomic E-state index is 12.8. The number of aromatic nitrogens is 1. The molecule has 2 heterocycles. The molecule has 2 N–H and O–H groups in total. The molecule has 0 spiro atoms. The van der Waals surface area contributed by atoms with Crippen LogP contribution in [0.4, 0.5) is 5.69 Å². The Hall–Kier alpha value is -4.03. The number of carbonyl (C=O) groups is 2. The minimum atomic E-state index is -0.172. The Labute approximate surface area is 203 Å². The van der Waals surface area contributed by atoms with E-state index >= 15 is 0 Å². The molecule has 2 amide bonds. The Morgan fingerprint density at radius 3 is 2.59 bits per heavy atom. The summed E-state index contributed by atoms with van der Waals surface area (Å²) >= 11 is 1.67. The fourth-order valence-electron chi connectivity index (χ4n) is 3.38. The van der Waals surface area contributed by atoms with E-state index < -0.39 is 0 Å². The van der Waals surface area contributed by atoms with Gasteiger partial charge < -0.3 is 10.6 Å². The van der Waals surface area contributed by atoms with Crippen molar-refractivity contribution in [3.05, 3.63) is 113 Å². The van der Waals surface area contributed by atoms with E-state index in [-0.39, 0.29) is 11.8 Å². The van der Waals surface area contributed by atoms with E-state index in [0.717, 1.165) is 32.9 Å². The van der Waals surface area contributed by atoms with Crippen LogP contribution >= 0.6 is 11.3 Å². The van der Waals surface area contributed by atoms with Crippen molar-refractivity contribution >= 4 is 34.9 Å². The summed E-state index contributed by atoms with van der Waals surface area (Å²) in [7, 11) is 0. The molecule has 0 aliphatic carbocycles. The number of nitrogens with zero attached hydrogens (tertiary/aromatic N) is 1. The Morgan fingerprint density at radius 2 is 1.85 bits per heavy atom. The Bertz CT molecular complexity index is 1280. The predicted octanol–water partition coefficient (Wildman–Crippen LogP) is 5.74. The van der Waals surface area contributed by atoms with Crippen LogP contribution in [0.25, 0.3) is 16.5 Å². The number of hydrogen-bond acceptors (Lipinski definition) is 4. The van der Waals surface area contributed by atoms with Gasteiger partial charge in [-0.3, -0.25) is 14.6 Å². The van der Waals surface area contributed by atoms with Crippen LogP contribution in [0.3, 0.4) is 0 Å². The average Bonchev–Trinajstić information content (AvgIpc) is 3.40. The first kappa shape index (κ1) is 23.1. The largest absolute Gasteiger partial charge is 0.352 e. The second-order valence-electron chi connectivity index (χ2n) is 7.78. The fraction of sp³-hybridized carbons (Fsp3) is 0.107. The van der Waals surface area contributed by atoms with Gasteiger partial charge in [-0.25, -0.2) is 0 Å². The van der Waals surface area contributed by atoms with Crippen molar-refractivity contribution in [2.24, 2.45) is 0 Å². The molecule has 170 valence electrons. The minimum Gasteiger partial charge on any atom is -0.352 e. The molecule has 0 unspecified atom stereocenters. The van der Waals surface area contributed by atoms with Crippen molar-refractivity contribution in [1.29, 1.82) is 0 Å². The third-order valence-corrected chi connectivity index (χ3v) is 6.22. The molecule has 0 fully saturated rings. The van der Waals surface area contributed by atoms with Crippen LogP contribution in [0.15, 0.2) is 90.4 Å². The van der Waals surface area contributed by atoms with Crippen LogP contribution in [0.1, 0.15) is 27.2 Å². The van der Waals surface area contributed by atoms with Gasteiger partial charge in [0, 0.05) is 47.1 Å². The molecule has 0 bridgehead atoms. The van der Waals surface area contributed by atoms with Crippen LogP contribution in [0.5, 0.6) is 0 Å². The number of thiophene rings is 1. The maximum absolute atomic E-state index is 12.8. The zero-order valence-electron chi connectivity index (χ0n) is 18.8. The smallest absolute Gasteiger partial charge is 0.255 e. The van der Waals surface area contributed by atoms with Gasteiger partial charge in [0.1, 0.15) is 0 Å². The van der Waals surface area contributed by atoms with E-state index in [2.05, 4.69) is 27.8 Å². The summed E-state index contributed by atoms with van der Waals surface area (Å²) in [5.74, 6) is -0.340. The van der Waals surface area contributed by atoms with Gasteiger partial charge in [0.15, 0.2) is 0 Å². The summed E-state index contributed by atoms with van der Waals surface area (Å²) in [6.45, 7) is 2.50. The standard InChI is InChI=1S/C28H25N3O2S/c1-20-7-11-23(26-6-4-18-34-26)19-25(20)31-28(33)22-12-8-21(9-13-22)10-14-27(32)30-17-15-24-5-2-3-16-29-24/h2-14,16,18-19H,15,17H2,1H3,(H,30,32)(H,31,33). The third-order valence-electron chi connectivity index (χ3n) is 5.30. The van der Waals surface area contributed by atoms with E-state index in [4.69, 9.17) is 0 Å². The maximum Gasteiger partial charge on any atom is 0.255 e. The van der Waals surface area contributed by atoms with E-state index in [1.54, 1.807) is 35.7 Å². The molecule has 2 aromatic carbocycles. The Balaban J connectivity index is 1.32. The molecular weight excluding hydrogens is 442 g/mol. The van der Waals surface area contributed by atoms with Crippen molar-refractivity contribution in [1.82, 2.24) is 10.3 Å². The molecule has 0 aliphatic rings. The molecule has 4 aromatic rings. The van der Waals surface area contributed by atoms with Crippen LogP contribution in [-0.2, 0) is 11.2 Å². The number of carbonyl (C=O) groups excluding carboxylic acids is 2. The van der Waals surface area contributed by atoms with E-state index in [1.807, 2.05) is 60.8 Å². The van der Waals surface area contributed by atoms with Gasteiger partial charge in [-0.2, -0.15) is 0 Å². The molecule has 0 aliphatic heterocycles. The normalized spacial score (nSPS) is 10.9. The zero-order valence-corrected chi connectivity index (χ0v) is 19.6. The van der Waals surface area contributed by atoms with Crippen LogP contribution < -0.4 is 10.6 Å².